The number of carbonyl (C=O) groups is 1. The second-order valence-electron chi connectivity index (χ2n) is 6.15. The fourth-order valence-electron chi connectivity index (χ4n) is 2.48. The molecule has 3 aromatic rings. The summed E-state index contributed by atoms with van der Waals surface area (Å²) in [5, 5.41) is 3.82. The van der Waals surface area contributed by atoms with Crippen LogP contribution in [0, 0.1) is 6.92 Å². The molecule has 0 bridgehead atoms. The van der Waals surface area contributed by atoms with Crippen LogP contribution in [0.2, 0.25) is 0 Å². The lowest BCUT2D eigenvalue weighted by molar-refractivity contribution is -0.129. The van der Waals surface area contributed by atoms with Gasteiger partial charge in [0, 0.05) is 17.5 Å². The topological polar surface area (TPSA) is 59.2 Å². The van der Waals surface area contributed by atoms with Crippen molar-refractivity contribution in [2.75, 3.05) is 7.05 Å². The Kier molecular flexibility index (Phi) is 5.73. The van der Waals surface area contributed by atoms with E-state index in [4.69, 9.17) is 4.52 Å². The Morgan fingerprint density at radius 2 is 1.85 bits per heavy atom. The van der Waals surface area contributed by atoms with Crippen LogP contribution >= 0.6 is 11.8 Å². The molecule has 0 unspecified atom stereocenters. The molecule has 0 aliphatic rings. The predicted octanol–water partition coefficient (Wildman–Crippen LogP) is 4.18. The van der Waals surface area contributed by atoms with Crippen molar-refractivity contribution in [2.24, 2.45) is 0 Å². The summed E-state index contributed by atoms with van der Waals surface area (Å²) in [5.41, 5.74) is 2.07. The van der Waals surface area contributed by atoms with Crippen LogP contribution in [0.4, 0.5) is 0 Å². The van der Waals surface area contributed by atoms with E-state index in [0.717, 1.165) is 10.5 Å². The molecular weight excluding hydrogens is 346 g/mol. The standard InChI is InChI=1S/C20H21N3O2S/c1-14-9-11-16(12-10-14)19-21-18(25-22-19)13-23(3)20(24)15(2)26-17-7-5-4-6-8-17/h4-12,15H,13H2,1-3H3/t15-/m1/s1. The van der Waals surface area contributed by atoms with Gasteiger partial charge in [0.25, 0.3) is 0 Å². The minimum absolute atomic E-state index is 0.0222. The molecule has 0 fully saturated rings. The molecule has 1 amide bonds. The molecule has 26 heavy (non-hydrogen) atoms. The highest BCUT2D eigenvalue weighted by Gasteiger charge is 2.21. The van der Waals surface area contributed by atoms with Crippen LogP contribution in [-0.2, 0) is 11.3 Å². The highest BCUT2D eigenvalue weighted by molar-refractivity contribution is 8.00. The van der Waals surface area contributed by atoms with Gasteiger partial charge in [0.15, 0.2) is 0 Å². The van der Waals surface area contributed by atoms with Crippen molar-refractivity contribution >= 4 is 17.7 Å². The van der Waals surface area contributed by atoms with Crippen LogP contribution in [0.25, 0.3) is 11.4 Å². The van der Waals surface area contributed by atoms with Crippen molar-refractivity contribution in [3.8, 4) is 11.4 Å². The third-order valence-corrected chi connectivity index (χ3v) is 5.03. The van der Waals surface area contributed by atoms with E-state index < -0.39 is 0 Å². The summed E-state index contributed by atoms with van der Waals surface area (Å²) >= 11 is 1.54. The maximum absolute atomic E-state index is 12.6. The molecule has 0 saturated heterocycles. The first-order valence-electron chi connectivity index (χ1n) is 8.39. The van der Waals surface area contributed by atoms with Gasteiger partial charge in [0.05, 0.1) is 11.8 Å². The minimum Gasteiger partial charge on any atom is -0.337 e. The van der Waals surface area contributed by atoms with Gasteiger partial charge >= 0.3 is 0 Å². The zero-order valence-corrected chi connectivity index (χ0v) is 15.9. The van der Waals surface area contributed by atoms with Crippen molar-refractivity contribution < 1.29 is 9.32 Å². The van der Waals surface area contributed by atoms with Crippen LogP contribution in [0.5, 0.6) is 0 Å². The molecule has 0 aliphatic heterocycles. The fraction of sp³-hybridized carbons (Fsp3) is 0.250. The van der Waals surface area contributed by atoms with Gasteiger partial charge in [0.2, 0.25) is 17.6 Å². The zero-order valence-electron chi connectivity index (χ0n) is 15.0. The highest BCUT2D eigenvalue weighted by Crippen LogP contribution is 2.24. The molecule has 5 nitrogen and oxygen atoms in total. The number of rotatable bonds is 6. The third kappa shape index (κ3) is 4.52. The molecule has 0 aliphatic carbocycles. The van der Waals surface area contributed by atoms with Crippen molar-refractivity contribution in [3.05, 3.63) is 66.1 Å². The van der Waals surface area contributed by atoms with E-state index in [9.17, 15) is 4.79 Å². The van der Waals surface area contributed by atoms with Crippen LogP contribution in [-0.4, -0.2) is 33.2 Å². The Bertz CT molecular complexity index is 862. The lowest BCUT2D eigenvalue weighted by atomic mass is 10.1. The molecule has 0 spiro atoms. The van der Waals surface area contributed by atoms with E-state index in [0.29, 0.717) is 11.7 Å². The SMILES string of the molecule is Cc1ccc(-c2noc(CN(C)C(=O)[C@@H](C)Sc3ccccc3)n2)cc1. The number of amides is 1. The average Bonchev–Trinajstić information content (AvgIpc) is 3.11. The first kappa shape index (κ1) is 18.2. The maximum Gasteiger partial charge on any atom is 0.246 e. The van der Waals surface area contributed by atoms with E-state index in [1.54, 1.807) is 11.9 Å². The molecule has 0 saturated carbocycles. The quantitative estimate of drug-likeness (QED) is 0.612. The largest absolute Gasteiger partial charge is 0.337 e. The van der Waals surface area contributed by atoms with Gasteiger partial charge in [0.1, 0.15) is 0 Å². The first-order chi connectivity index (χ1) is 12.5. The van der Waals surface area contributed by atoms with Crippen LogP contribution < -0.4 is 0 Å². The Labute approximate surface area is 157 Å². The summed E-state index contributed by atoms with van der Waals surface area (Å²) in [5.74, 6) is 0.981. The minimum atomic E-state index is -0.193. The van der Waals surface area contributed by atoms with Gasteiger partial charge in [-0.05, 0) is 26.0 Å². The molecule has 1 atom stereocenters. The summed E-state index contributed by atoms with van der Waals surface area (Å²) in [4.78, 5) is 19.7. The molecule has 0 radical (unpaired) electrons. The number of hydrogen-bond donors (Lipinski definition) is 0. The van der Waals surface area contributed by atoms with Gasteiger partial charge < -0.3 is 9.42 Å². The van der Waals surface area contributed by atoms with Gasteiger partial charge in [-0.1, -0.05) is 53.2 Å². The smallest absolute Gasteiger partial charge is 0.246 e. The number of carbonyl (C=O) groups excluding carboxylic acids is 1. The Hall–Kier alpha value is -2.60. The zero-order chi connectivity index (χ0) is 18.5. The number of nitrogens with zero attached hydrogens (tertiary/aromatic N) is 3. The second kappa shape index (κ2) is 8.19. The van der Waals surface area contributed by atoms with E-state index in [1.165, 1.54) is 17.3 Å². The predicted molar refractivity (Wildman–Crippen MR) is 103 cm³/mol. The summed E-state index contributed by atoms with van der Waals surface area (Å²) in [7, 11) is 1.75. The molecule has 1 aromatic heterocycles. The van der Waals surface area contributed by atoms with Gasteiger partial charge in [-0.15, -0.1) is 11.8 Å². The molecule has 0 N–H and O–H groups in total. The summed E-state index contributed by atoms with van der Waals surface area (Å²) < 4.78 is 5.31. The molecule has 1 heterocycles. The fourth-order valence-corrected chi connectivity index (χ4v) is 3.49. The Morgan fingerprint density at radius 1 is 1.15 bits per heavy atom. The monoisotopic (exact) mass is 367 g/mol. The van der Waals surface area contributed by atoms with E-state index in [2.05, 4.69) is 10.1 Å². The van der Waals surface area contributed by atoms with Crippen LogP contribution in [0.3, 0.4) is 0 Å². The average molecular weight is 367 g/mol. The van der Waals surface area contributed by atoms with Crippen molar-refractivity contribution in [1.82, 2.24) is 15.0 Å². The summed E-state index contributed by atoms with van der Waals surface area (Å²) in [6, 6.07) is 17.8. The molecule has 134 valence electrons. The summed E-state index contributed by atoms with van der Waals surface area (Å²) in [6.07, 6.45) is 0. The number of benzene rings is 2. The number of thioether (sulfide) groups is 1. The molecule has 6 heteroatoms. The third-order valence-electron chi connectivity index (χ3n) is 3.93. The Balaban J connectivity index is 1.61. The number of aromatic nitrogens is 2. The van der Waals surface area contributed by atoms with Crippen LogP contribution in [0.15, 0.2) is 64.0 Å². The van der Waals surface area contributed by atoms with Gasteiger partial charge in [-0.2, -0.15) is 4.98 Å². The van der Waals surface area contributed by atoms with Crippen molar-refractivity contribution in [3.63, 3.8) is 0 Å². The maximum atomic E-state index is 12.6. The number of aryl methyl sites for hydroxylation is 1. The van der Waals surface area contributed by atoms with E-state index in [-0.39, 0.29) is 17.7 Å². The highest BCUT2D eigenvalue weighted by atomic mass is 32.2. The van der Waals surface area contributed by atoms with E-state index in [1.807, 2.05) is 68.4 Å². The van der Waals surface area contributed by atoms with Crippen molar-refractivity contribution in [2.45, 2.75) is 30.5 Å². The van der Waals surface area contributed by atoms with Crippen LogP contribution in [0.1, 0.15) is 18.4 Å². The van der Waals surface area contributed by atoms with E-state index >= 15 is 0 Å². The second-order valence-corrected chi connectivity index (χ2v) is 7.56. The number of hydrogen-bond acceptors (Lipinski definition) is 5. The lowest BCUT2D eigenvalue weighted by Gasteiger charge is -2.19. The van der Waals surface area contributed by atoms with Crippen molar-refractivity contribution in [1.29, 1.82) is 0 Å². The summed E-state index contributed by atoms with van der Waals surface area (Å²) in [6.45, 7) is 4.22. The Morgan fingerprint density at radius 3 is 2.54 bits per heavy atom. The molecule has 2 aromatic carbocycles. The molecule has 3 rings (SSSR count). The first-order valence-corrected chi connectivity index (χ1v) is 9.27. The lowest BCUT2D eigenvalue weighted by Crippen LogP contribution is -2.32. The normalized spacial score (nSPS) is 12.0. The molecular formula is C20H21N3O2S. The van der Waals surface area contributed by atoms with Gasteiger partial charge in [-0.3, -0.25) is 4.79 Å². The van der Waals surface area contributed by atoms with Gasteiger partial charge in [-0.25, -0.2) is 0 Å².